The Morgan fingerprint density at radius 3 is 2.48 bits per heavy atom. The van der Waals surface area contributed by atoms with Gasteiger partial charge >= 0.3 is 0 Å². The quantitative estimate of drug-likeness (QED) is 0.0883. The first kappa shape index (κ1) is 24.8. The molecule has 0 aliphatic rings. The summed E-state index contributed by atoms with van der Waals surface area (Å²) in [5, 5.41) is 21.6. The molecule has 0 aromatic heterocycles. The Hall–Kier alpha value is -2.80. The highest BCUT2D eigenvalue weighted by Gasteiger charge is 2.14. The van der Waals surface area contributed by atoms with Gasteiger partial charge in [0.1, 0.15) is 6.61 Å². The molecule has 3 aromatic carbocycles. The molecule has 0 saturated heterocycles. The highest BCUT2D eigenvalue weighted by Crippen LogP contribution is 2.36. The summed E-state index contributed by atoms with van der Waals surface area (Å²) in [6.07, 6.45) is 1.70. The highest BCUT2D eigenvalue weighted by atomic mass is 127. The molecule has 0 fully saturated rings. The zero-order chi connectivity index (χ0) is 24.0. The van der Waals surface area contributed by atoms with Crippen molar-refractivity contribution >= 4 is 63.1 Å². The van der Waals surface area contributed by atoms with Gasteiger partial charge in [-0.25, -0.2) is 0 Å². The summed E-state index contributed by atoms with van der Waals surface area (Å²) in [5.41, 5.74) is 2.42. The minimum Gasteiger partial charge on any atom is -0.490 e. The summed E-state index contributed by atoms with van der Waals surface area (Å²) in [6, 6.07) is 16.8. The number of rotatable bonds is 8. The van der Waals surface area contributed by atoms with Crippen LogP contribution in [0.15, 0.2) is 54.6 Å². The second-order valence-corrected chi connectivity index (χ2v) is 8.77. The van der Waals surface area contributed by atoms with E-state index in [1.54, 1.807) is 42.5 Å². The van der Waals surface area contributed by atoms with Gasteiger partial charge in [-0.3, -0.25) is 10.1 Å². The lowest BCUT2D eigenvalue weighted by atomic mass is 10.0. The largest absolute Gasteiger partial charge is 0.490 e. The third kappa shape index (κ3) is 6.38. The van der Waals surface area contributed by atoms with Crippen molar-refractivity contribution in [2.24, 2.45) is 0 Å². The van der Waals surface area contributed by atoms with Crippen molar-refractivity contribution < 1.29 is 14.4 Å². The van der Waals surface area contributed by atoms with Crippen LogP contribution in [-0.2, 0) is 6.61 Å². The molecule has 3 aromatic rings. The number of nitrogens with zero attached hydrogens (tertiary/aromatic N) is 2. The summed E-state index contributed by atoms with van der Waals surface area (Å²) < 4.78 is 12.6. The van der Waals surface area contributed by atoms with E-state index in [0.717, 1.165) is 14.7 Å². The van der Waals surface area contributed by atoms with E-state index >= 15 is 0 Å². The Balaban J connectivity index is 1.91. The number of hydrogen-bond acceptors (Lipinski definition) is 5. The summed E-state index contributed by atoms with van der Waals surface area (Å²) in [5.74, 6) is 1.09. The molecule has 0 heterocycles. The van der Waals surface area contributed by atoms with Crippen LogP contribution in [0.2, 0.25) is 10.0 Å². The van der Waals surface area contributed by atoms with Crippen LogP contribution in [0.3, 0.4) is 0 Å². The van der Waals surface area contributed by atoms with Crippen LogP contribution >= 0.6 is 45.8 Å². The number of halogens is 3. The van der Waals surface area contributed by atoms with Crippen LogP contribution in [-0.4, -0.2) is 11.5 Å². The fourth-order valence-electron chi connectivity index (χ4n) is 2.97. The maximum atomic E-state index is 10.9. The Bertz CT molecular complexity index is 1250. The number of nitriles is 1. The normalized spacial score (nSPS) is 11.1. The van der Waals surface area contributed by atoms with Crippen LogP contribution in [0, 0.1) is 25.0 Å². The molecule has 3 rings (SSSR count). The molecule has 0 saturated carbocycles. The fraction of sp³-hybridized carbons (Fsp3) is 0.125. The van der Waals surface area contributed by atoms with E-state index in [1.165, 1.54) is 12.1 Å². The average molecular weight is 595 g/mol. The first-order chi connectivity index (χ1) is 15.8. The molecule has 0 N–H and O–H groups in total. The van der Waals surface area contributed by atoms with Gasteiger partial charge in [0.15, 0.2) is 11.5 Å². The molecule has 33 heavy (non-hydrogen) atoms. The lowest BCUT2D eigenvalue weighted by Crippen LogP contribution is -2.02. The Kier molecular flexibility index (Phi) is 8.55. The van der Waals surface area contributed by atoms with Crippen molar-refractivity contribution in [1.29, 1.82) is 5.26 Å². The zero-order valence-electron chi connectivity index (χ0n) is 17.3. The Labute approximate surface area is 214 Å². The van der Waals surface area contributed by atoms with Crippen LogP contribution in [0.4, 0.5) is 5.69 Å². The smallest absolute Gasteiger partial charge is 0.269 e. The molecule has 0 radical (unpaired) electrons. The van der Waals surface area contributed by atoms with Gasteiger partial charge < -0.3 is 9.47 Å². The van der Waals surface area contributed by atoms with Crippen molar-refractivity contribution in [2.75, 3.05) is 6.61 Å². The van der Waals surface area contributed by atoms with Crippen molar-refractivity contribution in [3.8, 4) is 17.6 Å². The number of allylic oxidation sites excluding steroid dienone is 1. The van der Waals surface area contributed by atoms with Gasteiger partial charge in [-0.1, -0.05) is 29.3 Å². The predicted molar refractivity (Wildman–Crippen MR) is 138 cm³/mol. The molecule has 0 atom stereocenters. The number of nitro benzene ring substituents is 1. The van der Waals surface area contributed by atoms with Crippen LogP contribution in [0.1, 0.15) is 23.6 Å². The third-order valence-corrected chi connectivity index (χ3v) is 5.93. The van der Waals surface area contributed by atoms with Gasteiger partial charge in [0.25, 0.3) is 5.69 Å². The molecular formula is C24H17Cl2IN2O4. The van der Waals surface area contributed by atoms with E-state index in [0.29, 0.717) is 39.3 Å². The predicted octanol–water partition coefficient (Wildman–Crippen LogP) is 7.55. The molecule has 9 heteroatoms. The van der Waals surface area contributed by atoms with Gasteiger partial charge in [0, 0.05) is 27.7 Å². The van der Waals surface area contributed by atoms with Crippen LogP contribution in [0.5, 0.6) is 11.5 Å². The molecule has 0 aliphatic heterocycles. The van der Waals surface area contributed by atoms with Gasteiger partial charge in [-0.15, -0.1) is 0 Å². The lowest BCUT2D eigenvalue weighted by Gasteiger charge is -2.15. The molecular weight excluding hydrogens is 578 g/mol. The molecule has 0 spiro atoms. The highest BCUT2D eigenvalue weighted by molar-refractivity contribution is 14.1. The Morgan fingerprint density at radius 1 is 1.15 bits per heavy atom. The Morgan fingerprint density at radius 2 is 1.88 bits per heavy atom. The topological polar surface area (TPSA) is 85.4 Å². The number of hydrogen-bond donors (Lipinski definition) is 0. The van der Waals surface area contributed by atoms with E-state index in [2.05, 4.69) is 28.7 Å². The van der Waals surface area contributed by atoms with Crippen molar-refractivity contribution in [3.63, 3.8) is 0 Å². The maximum absolute atomic E-state index is 10.9. The zero-order valence-corrected chi connectivity index (χ0v) is 21.0. The average Bonchev–Trinajstić information content (AvgIpc) is 2.78. The number of benzene rings is 3. The van der Waals surface area contributed by atoms with Gasteiger partial charge in [-0.05, 0) is 83.1 Å². The van der Waals surface area contributed by atoms with Gasteiger partial charge in [0.05, 0.1) is 26.7 Å². The standard InChI is InChI=1S/C24H17Cl2IN2O4/c1-2-32-23-11-15(9-18(13-28)16-4-7-20(8-5-16)29(30)31)10-22(27)24(23)33-14-17-3-6-19(25)12-21(17)26/h3-12H,2,14H2,1H3. The van der Waals surface area contributed by atoms with E-state index in [9.17, 15) is 15.4 Å². The molecule has 6 nitrogen and oxygen atoms in total. The third-order valence-electron chi connectivity index (χ3n) is 4.54. The van der Waals surface area contributed by atoms with Gasteiger partial charge in [0.2, 0.25) is 0 Å². The second-order valence-electron chi connectivity index (χ2n) is 6.76. The maximum Gasteiger partial charge on any atom is 0.269 e. The minimum absolute atomic E-state index is 0.0356. The number of ether oxygens (including phenoxy) is 2. The van der Waals surface area contributed by atoms with Crippen LogP contribution < -0.4 is 9.47 Å². The SMILES string of the molecule is CCOc1cc(C=C(C#N)c2ccc([N+](=O)[O-])cc2)cc(I)c1OCc1ccc(Cl)cc1Cl. The van der Waals surface area contributed by atoms with Crippen molar-refractivity contribution in [1.82, 2.24) is 0 Å². The van der Waals surface area contributed by atoms with Crippen LogP contribution in [0.25, 0.3) is 11.6 Å². The molecule has 0 amide bonds. The number of nitro groups is 1. The first-order valence-corrected chi connectivity index (χ1v) is 11.6. The van der Waals surface area contributed by atoms with E-state index < -0.39 is 4.92 Å². The molecule has 168 valence electrons. The fourth-order valence-corrected chi connectivity index (χ4v) is 4.22. The summed E-state index contributed by atoms with van der Waals surface area (Å²) in [4.78, 5) is 10.4. The summed E-state index contributed by atoms with van der Waals surface area (Å²) >= 11 is 14.4. The van der Waals surface area contributed by atoms with E-state index in [4.69, 9.17) is 32.7 Å². The monoisotopic (exact) mass is 594 g/mol. The number of non-ortho nitro benzene ring substituents is 1. The lowest BCUT2D eigenvalue weighted by molar-refractivity contribution is -0.384. The van der Waals surface area contributed by atoms with Crippen molar-refractivity contribution in [2.45, 2.75) is 13.5 Å². The van der Waals surface area contributed by atoms with Gasteiger partial charge in [-0.2, -0.15) is 5.26 Å². The van der Waals surface area contributed by atoms with E-state index in [1.807, 2.05) is 13.0 Å². The summed E-state index contributed by atoms with van der Waals surface area (Å²) in [7, 11) is 0. The molecule has 0 aliphatic carbocycles. The van der Waals surface area contributed by atoms with E-state index in [-0.39, 0.29) is 12.3 Å². The minimum atomic E-state index is -0.480. The molecule has 0 unspecified atom stereocenters. The molecule has 0 bridgehead atoms. The summed E-state index contributed by atoms with van der Waals surface area (Å²) in [6.45, 7) is 2.52. The van der Waals surface area contributed by atoms with Crippen molar-refractivity contribution in [3.05, 3.63) is 95.0 Å². The second kappa shape index (κ2) is 11.4. The first-order valence-electron chi connectivity index (χ1n) is 9.72.